The maximum atomic E-state index is 13.1. The zero-order valence-electron chi connectivity index (χ0n) is 18.1. The van der Waals surface area contributed by atoms with Crippen molar-refractivity contribution < 1.29 is 14.2 Å². The molecule has 1 aliphatic rings. The molecule has 32 heavy (non-hydrogen) atoms. The molecular formula is C24H32FN6O+. The molecule has 0 unspecified atom stereocenters. The van der Waals surface area contributed by atoms with Crippen LogP contribution in [0.15, 0.2) is 66.4 Å². The van der Waals surface area contributed by atoms with E-state index in [2.05, 4.69) is 27.8 Å². The molecule has 0 atom stereocenters. The Morgan fingerprint density at radius 2 is 1.75 bits per heavy atom. The van der Waals surface area contributed by atoms with Gasteiger partial charge in [0.1, 0.15) is 17.1 Å². The molecule has 0 radical (unpaired) electrons. The highest BCUT2D eigenvalue weighted by Gasteiger charge is 2.33. The summed E-state index contributed by atoms with van der Waals surface area (Å²) in [5.74, 6) is -0.947. The summed E-state index contributed by atoms with van der Waals surface area (Å²) < 4.78 is 13.1. The number of carbonyl (C=O) groups excluding carboxylic acids is 1. The number of amides is 1. The van der Waals surface area contributed by atoms with E-state index < -0.39 is 5.91 Å². The quantitative estimate of drug-likeness (QED) is 0.190. The van der Waals surface area contributed by atoms with Gasteiger partial charge in [0.25, 0.3) is 11.7 Å². The summed E-state index contributed by atoms with van der Waals surface area (Å²) in [6.45, 7) is 1.26. The molecule has 0 spiro atoms. The van der Waals surface area contributed by atoms with Gasteiger partial charge in [-0.25, -0.2) is 9.38 Å². The summed E-state index contributed by atoms with van der Waals surface area (Å²) >= 11 is 0. The maximum Gasteiger partial charge on any atom is 0.285 e. The molecule has 0 saturated heterocycles. The summed E-state index contributed by atoms with van der Waals surface area (Å²) in [5, 5.41) is 6.93. The topological polar surface area (TPSA) is 133 Å². The summed E-state index contributed by atoms with van der Waals surface area (Å²) in [7, 11) is 0. The van der Waals surface area contributed by atoms with Crippen LogP contribution < -0.4 is 32.8 Å². The van der Waals surface area contributed by atoms with Gasteiger partial charge in [0.2, 0.25) is 0 Å². The number of rotatable bonds is 9. The molecule has 0 aliphatic heterocycles. The third-order valence-corrected chi connectivity index (χ3v) is 5.97. The minimum Gasteiger partial charge on any atom is -0.383 e. The largest absolute Gasteiger partial charge is 0.383 e. The number of benzene rings is 2. The zero-order valence-corrected chi connectivity index (χ0v) is 18.1. The van der Waals surface area contributed by atoms with Crippen molar-refractivity contribution in [2.45, 2.75) is 43.8 Å². The van der Waals surface area contributed by atoms with E-state index in [-0.39, 0.29) is 22.8 Å². The highest BCUT2D eigenvalue weighted by atomic mass is 19.1. The van der Waals surface area contributed by atoms with Crippen molar-refractivity contribution >= 4 is 17.4 Å². The molecule has 1 amide bonds. The Balaban J connectivity index is 1.62. The summed E-state index contributed by atoms with van der Waals surface area (Å²) in [4.78, 5) is 14.9. The second kappa shape index (κ2) is 10.9. The molecule has 0 heterocycles. The van der Waals surface area contributed by atoms with Crippen LogP contribution in [0, 0.1) is 5.82 Å². The number of hydrogen-bond donors (Lipinski definition) is 6. The lowest BCUT2D eigenvalue weighted by atomic mass is 9.79. The Morgan fingerprint density at radius 1 is 1.09 bits per heavy atom. The molecule has 0 bridgehead atoms. The number of hydrogen-bond acceptors (Lipinski definition) is 4. The maximum absolute atomic E-state index is 13.1. The first-order valence-corrected chi connectivity index (χ1v) is 10.8. The second-order valence-electron chi connectivity index (χ2n) is 8.24. The first-order chi connectivity index (χ1) is 15.4. The number of primary amides is 1. The minimum atomic E-state index is -0.671. The molecule has 0 aromatic heterocycles. The fourth-order valence-electron chi connectivity index (χ4n) is 3.90. The van der Waals surface area contributed by atoms with Gasteiger partial charge in [-0.3, -0.25) is 10.5 Å². The van der Waals surface area contributed by atoms with Crippen molar-refractivity contribution in [2.75, 3.05) is 6.54 Å². The van der Waals surface area contributed by atoms with E-state index >= 15 is 0 Å². The van der Waals surface area contributed by atoms with Gasteiger partial charge in [-0.05, 0) is 55.5 Å². The van der Waals surface area contributed by atoms with Gasteiger partial charge in [0.15, 0.2) is 0 Å². The highest BCUT2D eigenvalue weighted by molar-refractivity contribution is 6.17. The molecule has 1 fully saturated rings. The van der Waals surface area contributed by atoms with Crippen LogP contribution in [0.3, 0.4) is 0 Å². The lowest BCUT2D eigenvalue weighted by Crippen LogP contribution is -2.70. The van der Waals surface area contributed by atoms with E-state index in [0.29, 0.717) is 18.3 Å². The lowest BCUT2D eigenvalue weighted by molar-refractivity contribution is -0.354. The van der Waals surface area contributed by atoms with E-state index in [1.54, 1.807) is 6.20 Å². The van der Waals surface area contributed by atoms with Crippen molar-refractivity contribution in [1.29, 1.82) is 0 Å². The molecule has 2 aromatic carbocycles. The molecular weight excluding hydrogens is 407 g/mol. The monoisotopic (exact) mass is 439 g/mol. The number of nitrogens with two attached hydrogens (primary N) is 3. The van der Waals surface area contributed by atoms with Crippen LogP contribution in [0.25, 0.3) is 0 Å². The first kappa shape index (κ1) is 23.4. The molecule has 1 saturated carbocycles. The van der Waals surface area contributed by atoms with Gasteiger partial charge in [-0.2, -0.15) is 0 Å². The lowest BCUT2D eigenvalue weighted by Gasteiger charge is -2.40. The third kappa shape index (κ3) is 6.38. The molecule has 1 aliphatic carbocycles. The van der Waals surface area contributed by atoms with Crippen LogP contribution in [0.5, 0.6) is 0 Å². The van der Waals surface area contributed by atoms with Crippen LogP contribution in [0.2, 0.25) is 0 Å². The predicted octanol–water partition coefficient (Wildman–Crippen LogP) is 0.284. The Kier molecular flexibility index (Phi) is 7.97. The van der Waals surface area contributed by atoms with Gasteiger partial charge in [-0.1, -0.05) is 30.3 Å². The van der Waals surface area contributed by atoms with Crippen molar-refractivity contribution in [1.82, 2.24) is 10.6 Å². The van der Waals surface area contributed by atoms with Gasteiger partial charge in [0.05, 0.1) is 0 Å². The Labute approximate surface area is 188 Å². The van der Waals surface area contributed by atoms with Gasteiger partial charge in [0, 0.05) is 30.9 Å². The molecule has 170 valence electrons. The summed E-state index contributed by atoms with van der Waals surface area (Å²) in [6, 6.07) is 16.4. The normalized spacial score (nSPS) is 21.9. The average Bonchev–Trinajstić information content (AvgIpc) is 2.80. The van der Waals surface area contributed by atoms with Crippen LogP contribution in [-0.4, -0.2) is 29.9 Å². The van der Waals surface area contributed by atoms with Gasteiger partial charge >= 0.3 is 0 Å². The van der Waals surface area contributed by atoms with Gasteiger partial charge in [-0.15, -0.1) is 0 Å². The number of amidine groups is 1. The van der Waals surface area contributed by atoms with Crippen LogP contribution in [0.4, 0.5) is 10.1 Å². The minimum absolute atomic E-state index is 0.0852. The first-order valence-electron chi connectivity index (χ1n) is 10.8. The van der Waals surface area contributed by atoms with E-state index in [9.17, 15) is 9.18 Å². The number of nitrogens with one attached hydrogen (secondary N) is 3. The number of halogens is 1. The fourth-order valence-corrected chi connectivity index (χ4v) is 3.90. The SMILES string of the molecule is NCC1(N/C=C(/C(N)=O)C(N)=[NH+]c2ccc(F)cc2)CCC(NCc2ccccc2)CC1. The van der Waals surface area contributed by atoms with Crippen molar-refractivity contribution in [3.63, 3.8) is 0 Å². The van der Waals surface area contributed by atoms with Crippen molar-refractivity contribution in [3.05, 3.63) is 77.8 Å². The fraction of sp³-hybridized carbons (Fsp3) is 0.333. The van der Waals surface area contributed by atoms with Crippen molar-refractivity contribution in [2.24, 2.45) is 17.2 Å². The van der Waals surface area contributed by atoms with Crippen LogP contribution in [-0.2, 0) is 11.3 Å². The smallest absolute Gasteiger partial charge is 0.285 e. The Hall–Kier alpha value is -3.23. The highest BCUT2D eigenvalue weighted by Crippen LogP contribution is 2.28. The third-order valence-electron chi connectivity index (χ3n) is 5.97. The Bertz CT molecular complexity index is 950. The molecule has 7 nitrogen and oxygen atoms in total. The molecule has 2 aromatic rings. The van der Waals surface area contributed by atoms with E-state index in [0.717, 1.165) is 32.2 Å². The summed E-state index contributed by atoms with van der Waals surface area (Å²) in [5.41, 5.74) is 19.3. The summed E-state index contributed by atoms with van der Waals surface area (Å²) in [6.07, 6.45) is 5.17. The van der Waals surface area contributed by atoms with Crippen LogP contribution in [0.1, 0.15) is 31.2 Å². The van der Waals surface area contributed by atoms with Crippen molar-refractivity contribution in [3.8, 4) is 0 Å². The standard InChI is InChI=1S/C24H31FN6O/c25-18-6-8-20(9-7-18)31-22(27)21(23(28)32)15-30-24(16-26)12-10-19(11-13-24)29-14-17-4-2-1-3-5-17/h1-9,15,19,29-30H,10-14,16,26H2,(H2,27,31)(H2,28,32)/p+1/b21-15+. The predicted molar refractivity (Wildman–Crippen MR) is 124 cm³/mol. The average molecular weight is 440 g/mol. The van der Waals surface area contributed by atoms with E-state index in [4.69, 9.17) is 17.2 Å². The number of carbonyl (C=O) groups is 1. The molecule has 3 rings (SSSR count). The van der Waals surface area contributed by atoms with E-state index in [1.807, 2.05) is 18.2 Å². The molecule has 9 N–H and O–H groups in total. The zero-order chi connectivity index (χ0) is 23.0. The van der Waals surface area contributed by atoms with E-state index in [1.165, 1.54) is 29.8 Å². The van der Waals surface area contributed by atoms with Gasteiger partial charge < -0.3 is 22.1 Å². The van der Waals surface area contributed by atoms with Crippen LogP contribution >= 0.6 is 0 Å². The Morgan fingerprint density at radius 3 is 2.34 bits per heavy atom. The molecule has 8 heteroatoms. The second-order valence-corrected chi connectivity index (χ2v) is 8.24.